The summed E-state index contributed by atoms with van der Waals surface area (Å²) in [6.07, 6.45) is 3.20. The van der Waals surface area contributed by atoms with Crippen molar-refractivity contribution in [1.29, 1.82) is 0 Å². The van der Waals surface area contributed by atoms with Crippen molar-refractivity contribution in [2.45, 2.75) is 13.3 Å². The number of hydrogen-bond donors (Lipinski definition) is 0. The lowest BCUT2D eigenvalue weighted by Gasteiger charge is -2.26. The van der Waals surface area contributed by atoms with Crippen molar-refractivity contribution in [3.05, 3.63) is 60.4 Å². The summed E-state index contributed by atoms with van der Waals surface area (Å²) in [5.41, 5.74) is 2.07. The van der Waals surface area contributed by atoms with Crippen molar-refractivity contribution in [2.75, 3.05) is 19.7 Å². The van der Waals surface area contributed by atoms with E-state index in [4.69, 9.17) is 4.74 Å². The molecule has 1 aromatic heterocycles. The molecule has 7 nitrogen and oxygen atoms in total. The van der Waals surface area contributed by atoms with Crippen molar-refractivity contribution < 1.29 is 14.3 Å². The Morgan fingerprint density at radius 1 is 1.24 bits per heavy atom. The Labute approximate surface area is 146 Å². The molecular formula is C18H20N4O3. The molecule has 1 aromatic carbocycles. The first-order valence-corrected chi connectivity index (χ1v) is 8.10. The first-order chi connectivity index (χ1) is 12.1. The molecule has 130 valence electrons. The van der Waals surface area contributed by atoms with Crippen LogP contribution < -0.4 is 0 Å². The summed E-state index contributed by atoms with van der Waals surface area (Å²) < 4.78 is 6.76. The van der Waals surface area contributed by atoms with E-state index in [0.29, 0.717) is 25.1 Å². The van der Waals surface area contributed by atoms with Gasteiger partial charge in [0.15, 0.2) is 0 Å². The smallest absolute Gasteiger partial charge is 0.429 e. The van der Waals surface area contributed by atoms with E-state index in [1.165, 1.54) is 22.3 Å². The molecule has 0 radical (unpaired) electrons. The molecule has 1 saturated heterocycles. The lowest BCUT2D eigenvalue weighted by Crippen LogP contribution is -2.45. The minimum absolute atomic E-state index is 0.113. The number of carbonyl (C=O) groups is 2. The molecule has 0 N–H and O–H groups in total. The van der Waals surface area contributed by atoms with Gasteiger partial charge in [-0.25, -0.2) is 19.5 Å². The number of hydrazine groups is 1. The minimum atomic E-state index is -0.543. The van der Waals surface area contributed by atoms with Gasteiger partial charge in [-0.3, -0.25) is 4.79 Å². The van der Waals surface area contributed by atoms with E-state index in [-0.39, 0.29) is 12.5 Å². The van der Waals surface area contributed by atoms with Gasteiger partial charge in [-0.2, -0.15) is 5.10 Å². The fraction of sp³-hybridized carbons (Fsp3) is 0.278. The molecule has 2 aromatic rings. The van der Waals surface area contributed by atoms with Gasteiger partial charge in [0.2, 0.25) is 0 Å². The fourth-order valence-corrected chi connectivity index (χ4v) is 2.81. The van der Waals surface area contributed by atoms with E-state index in [1.54, 1.807) is 4.68 Å². The number of amides is 2. The SMILES string of the molecule is C=CCOC(=O)N1CCCN1C(=O)c1cnn(-c2ccccc2)c1C. The second-order valence-corrected chi connectivity index (χ2v) is 5.66. The predicted octanol–water partition coefficient (Wildman–Crippen LogP) is 2.57. The number of hydrogen-bond acceptors (Lipinski definition) is 4. The average molecular weight is 340 g/mol. The van der Waals surface area contributed by atoms with E-state index in [1.807, 2.05) is 37.3 Å². The Balaban J connectivity index is 1.82. The summed E-state index contributed by atoms with van der Waals surface area (Å²) in [5, 5.41) is 7.08. The molecule has 1 aliphatic heterocycles. The van der Waals surface area contributed by atoms with Gasteiger partial charge in [-0.05, 0) is 25.5 Å². The highest BCUT2D eigenvalue weighted by Crippen LogP contribution is 2.20. The van der Waals surface area contributed by atoms with Crippen LogP contribution in [0, 0.1) is 6.92 Å². The third kappa shape index (κ3) is 3.26. The summed E-state index contributed by atoms with van der Waals surface area (Å²) in [6.45, 7) is 6.39. The van der Waals surface area contributed by atoms with E-state index in [2.05, 4.69) is 11.7 Å². The Bertz CT molecular complexity index is 785. The Morgan fingerprint density at radius 3 is 2.68 bits per heavy atom. The van der Waals surface area contributed by atoms with Crippen LogP contribution in [0.15, 0.2) is 49.2 Å². The zero-order valence-electron chi connectivity index (χ0n) is 14.1. The van der Waals surface area contributed by atoms with Gasteiger partial charge in [0.25, 0.3) is 5.91 Å². The molecule has 7 heteroatoms. The van der Waals surface area contributed by atoms with Crippen LogP contribution in [0.5, 0.6) is 0 Å². The molecule has 2 amide bonds. The second-order valence-electron chi connectivity index (χ2n) is 5.66. The van der Waals surface area contributed by atoms with Crippen molar-refractivity contribution in [3.63, 3.8) is 0 Å². The van der Waals surface area contributed by atoms with Gasteiger partial charge in [0.05, 0.1) is 23.1 Å². The highest BCUT2D eigenvalue weighted by atomic mass is 16.6. The Kier molecular flexibility index (Phi) is 4.83. The molecule has 1 fully saturated rings. The zero-order chi connectivity index (χ0) is 17.8. The highest BCUT2D eigenvalue weighted by molar-refractivity contribution is 5.96. The minimum Gasteiger partial charge on any atom is -0.444 e. The average Bonchev–Trinajstić information content (AvgIpc) is 3.27. The van der Waals surface area contributed by atoms with Gasteiger partial charge in [-0.1, -0.05) is 30.9 Å². The maximum Gasteiger partial charge on any atom is 0.429 e. The summed E-state index contributed by atoms with van der Waals surface area (Å²) in [7, 11) is 0. The van der Waals surface area contributed by atoms with Crippen LogP contribution in [0.4, 0.5) is 4.79 Å². The van der Waals surface area contributed by atoms with Crippen LogP contribution in [0.25, 0.3) is 5.69 Å². The van der Waals surface area contributed by atoms with Crippen LogP contribution in [-0.2, 0) is 4.74 Å². The van der Waals surface area contributed by atoms with Gasteiger partial charge in [-0.15, -0.1) is 0 Å². The Morgan fingerprint density at radius 2 is 1.96 bits per heavy atom. The lowest BCUT2D eigenvalue weighted by molar-refractivity contribution is 0.0160. The normalized spacial score (nSPS) is 13.8. The van der Waals surface area contributed by atoms with E-state index >= 15 is 0 Å². The maximum atomic E-state index is 12.9. The summed E-state index contributed by atoms with van der Waals surface area (Å²) in [6, 6.07) is 9.59. The molecular weight excluding hydrogens is 320 g/mol. The number of rotatable bonds is 4. The van der Waals surface area contributed by atoms with Crippen molar-refractivity contribution in [1.82, 2.24) is 19.8 Å². The highest BCUT2D eigenvalue weighted by Gasteiger charge is 2.33. The molecule has 3 rings (SSSR count). The number of para-hydroxylation sites is 1. The van der Waals surface area contributed by atoms with Crippen LogP contribution in [0.3, 0.4) is 0 Å². The Hall–Kier alpha value is -3.09. The van der Waals surface area contributed by atoms with Crippen LogP contribution in [0.1, 0.15) is 22.5 Å². The molecule has 0 atom stereocenters. The first-order valence-electron chi connectivity index (χ1n) is 8.10. The summed E-state index contributed by atoms with van der Waals surface area (Å²) in [4.78, 5) is 25.0. The quantitative estimate of drug-likeness (QED) is 0.802. The standard InChI is InChI=1S/C18H20N4O3/c1-3-12-25-18(24)21-11-7-10-20(21)17(23)16-13-19-22(14(16)2)15-8-5-4-6-9-15/h3-6,8-9,13H,1,7,10-12H2,2H3. The van der Waals surface area contributed by atoms with Crippen LogP contribution in [-0.4, -0.2) is 51.5 Å². The summed E-state index contributed by atoms with van der Waals surface area (Å²) in [5.74, 6) is -0.257. The number of ether oxygens (including phenoxy) is 1. The largest absolute Gasteiger partial charge is 0.444 e. The number of benzene rings is 1. The van der Waals surface area contributed by atoms with Crippen LogP contribution >= 0.6 is 0 Å². The number of carbonyl (C=O) groups excluding carboxylic acids is 2. The molecule has 0 unspecified atom stereocenters. The number of aromatic nitrogens is 2. The van der Waals surface area contributed by atoms with Crippen molar-refractivity contribution >= 4 is 12.0 Å². The van der Waals surface area contributed by atoms with Crippen molar-refractivity contribution in [3.8, 4) is 5.69 Å². The summed E-state index contributed by atoms with van der Waals surface area (Å²) >= 11 is 0. The molecule has 25 heavy (non-hydrogen) atoms. The molecule has 2 heterocycles. The molecule has 0 saturated carbocycles. The van der Waals surface area contributed by atoms with Gasteiger partial charge < -0.3 is 4.74 Å². The zero-order valence-corrected chi connectivity index (χ0v) is 14.1. The second kappa shape index (κ2) is 7.21. The molecule has 0 aliphatic carbocycles. The van der Waals surface area contributed by atoms with E-state index in [0.717, 1.165) is 11.4 Å². The van der Waals surface area contributed by atoms with Gasteiger partial charge in [0, 0.05) is 13.1 Å². The van der Waals surface area contributed by atoms with Crippen LogP contribution in [0.2, 0.25) is 0 Å². The van der Waals surface area contributed by atoms with E-state index in [9.17, 15) is 9.59 Å². The predicted molar refractivity (Wildman–Crippen MR) is 92.2 cm³/mol. The molecule has 0 spiro atoms. The van der Waals surface area contributed by atoms with Gasteiger partial charge >= 0.3 is 6.09 Å². The topological polar surface area (TPSA) is 67.7 Å². The molecule has 0 bridgehead atoms. The third-order valence-electron chi connectivity index (χ3n) is 4.04. The monoisotopic (exact) mass is 340 g/mol. The third-order valence-corrected chi connectivity index (χ3v) is 4.04. The molecule has 1 aliphatic rings. The maximum absolute atomic E-state index is 12.9. The van der Waals surface area contributed by atoms with E-state index < -0.39 is 6.09 Å². The van der Waals surface area contributed by atoms with Crippen molar-refractivity contribution in [2.24, 2.45) is 0 Å². The first kappa shape index (κ1) is 16.8. The lowest BCUT2D eigenvalue weighted by atomic mass is 10.2. The number of nitrogens with zero attached hydrogens (tertiary/aromatic N) is 4. The van der Waals surface area contributed by atoms with Gasteiger partial charge in [0.1, 0.15) is 6.61 Å². The fourth-order valence-electron chi connectivity index (χ4n) is 2.81.